The van der Waals surface area contributed by atoms with Crippen LogP contribution in [0.1, 0.15) is 26.3 Å². The van der Waals surface area contributed by atoms with Crippen LogP contribution < -0.4 is 13.7 Å². The first kappa shape index (κ1) is 24.5. The van der Waals surface area contributed by atoms with Gasteiger partial charge in [0.2, 0.25) is 0 Å². The Labute approximate surface area is 200 Å². The number of ether oxygens (including phenoxy) is 3. The number of carbonyl (C=O) groups excluding carboxylic acids is 2. The van der Waals surface area contributed by atoms with E-state index in [1.165, 1.54) is 30.6 Å². The predicted molar refractivity (Wildman–Crippen MR) is 118 cm³/mol. The van der Waals surface area contributed by atoms with E-state index in [9.17, 15) is 31.2 Å². The molecule has 2 heterocycles. The molecular formula is C22H15F3O8S2. The van der Waals surface area contributed by atoms with Gasteiger partial charge in [0.05, 0.1) is 19.8 Å². The Balaban J connectivity index is 1.93. The molecule has 2 aromatic carbocycles. The van der Waals surface area contributed by atoms with Crippen LogP contribution >= 0.6 is 11.3 Å². The molecule has 0 unspecified atom stereocenters. The highest BCUT2D eigenvalue weighted by Gasteiger charge is 2.49. The number of methoxy groups -OCH3 is 2. The summed E-state index contributed by atoms with van der Waals surface area (Å²) < 4.78 is 81.4. The van der Waals surface area contributed by atoms with Gasteiger partial charge in [0.15, 0.2) is 17.8 Å². The van der Waals surface area contributed by atoms with Crippen LogP contribution in [0.15, 0.2) is 35.7 Å². The van der Waals surface area contributed by atoms with E-state index >= 15 is 0 Å². The smallest absolute Gasteiger partial charge is 0.493 e. The molecule has 1 aliphatic heterocycles. The minimum Gasteiger partial charge on any atom is -0.493 e. The van der Waals surface area contributed by atoms with Crippen LogP contribution in [0, 0.1) is 0 Å². The number of esters is 1. The summed E-state index contributed by atoms with van der Waals surface area (Å²) in [5, 5.41) is 1.87. The lowest BCUT2D eigenvalue weighted by Crippen LogP contribution is -2.28. The van der Waals surface area contributed by atoms with Gasteiger partial charge >= 0.3 is 21.6 Å². The van der Waals surface area contributed by atoms with E-state index in [1.807, 2.05) is 11.4 Å². The van der Waals surface area contributed by atoms with E-state index in [-0.39, 0.29) is 35.1 Å². The Hall–Kier alpha value is -3.58. The zero-order valence-corrected chi connectivity index (χ0v) is 19.6. The molecule has 0 radical (unpaired) electrons. The zero-order valence-electron chi connectivity index (χ0n) is 18.0. The van der Waals surface area contributed by atoms with Crippen molar-refractivity contribution < 1.29 is 49.6 Å². The summed E-state index contributed by atoms with van der Waals surface area (Å²) in [6.07, 6.45) is 0.278. The molecule has 35 heavy (non-hydrogen) atoms. The predicted octanol–water partition coefficient (Wildman–Crippen LogP) is 4.81. The second-order valence-electron chi connectivity index (χ2n) is 7.14. The Kier molecular flexibility index (Phi) is 6.23. The average molecular weight is 528 g/mol. The van der Waals surface area contributed by atoms with Crippen LogP contribution in [-0.4, -0.2) is 40.4 Å². The van der Waals surface area contributed by atoms with Gasteiger partial charge in [-0.1, -0.05) is 0 Å². The minimum atomic E-state index is -6.04. The molecule has 0 amide bonds. The molecule has 1 aliphatic rings. The van der Waals surface area contributed by atoms with Crippen molar-refractivity contribution in [2.24, 2.45) is 0 Å². The summed E-state index contributed by atoms with van der Waals surface area (Å²) in [5.74, 6) is -1.62. The van der Waals surface area contributed by atoms with Gasteiger partial charge < -0.3 is 18.4 Å². The maximum absolute atomic E-state index is 12.8. The fourth-order valence-corrected chi connectivity index (χ4v) is 4.91. The summed E-state index contributed by atoms with van der Waals surface area (Å²) in [6, 6.07) is 6.79. The maximum Gasteiger partial charge on any atom is 0.534 e. The summed E-state index contributed by atoms with van der Waals surface area (Å²) >= 11 is 1.45. The van der Waals surface area contributed by atoms with E-state index in [1.54, 1.807) is 0 Å². The number of hydrogen-bond donors (Lipinski definition) is 0. The molecule has 0 atom stereocenters. The molecule has 4 rings (SSSR count). The van der Waals surface area contributed by atoms with Crippen LogP contribution in [0.2, 0.25) is 0 Å². The molecule has 1 aromatic heterocycles. The summed E-state index contributed by atoms with van der Waals surface area (Å²) in [5.41, 5.74) is -4.17. The van der Waals surface area contributed by atoms with Gasteiger partial charge in [-0.05, 0) is 41.3 Å². The summed E-state index contributed by atoms with van der Waals surface area (Å²) in [7, 11) is -3.80. The fraction of sp³-hybridized carbons (Fsp3) is 0.182. The summed E-state index contributed by atoms with van der Waals surface area (Å²) in [6.45, 7) is 0.273. The molecule has 0 aliphatic carbocycles. The SMILES string of the molecule is COC(=O)c1cc2c(cc1-c1cc(OC)c(OS(=O)(=O)C(F)(F)F)cc1C=O)OCc1ccsc1-2. The number of alkyl halides is 3. The third-order valence-corrected chi connectivity index (χ3v) is 7.09. The molecule has 0 saturated carbocycles. The van der Waals surface area contributed by atoms with Crippen LogP contribution in [-0.2, 0) is 21.5 Å². The van der Waals surface area contributed by atoms with Gasteiger partial charge in [-0.25, -0.2) is 4.79 Å². The van der Waals surface area contributed by atoms with Crippen LogP contribution in [0.25, 0.3) is 21.6 Å². The van der Waals surface area contributed by atoms with E-state index < -0.39 is 33.1 Å². The Morgan fingerprint density at radius 1 is 1.09 bits per heavy atom. The first-order valence-corrected chi connectivity index (χ1v) is 11.9. The quantitative estimate of drug-likeness (QED) is 0.194. The van der Waals surface area contributed by atoms with Gasteiger partial charge in [0.25, 0.3) is 0 Å². The monoisotopic (exact) mass is 528 g/mol. The normalized spacial score (nSPS) is 12.7. The molecule has 184 valence electrons. The highest BCUT2D eigenvalue weighted by Crippen LogP contribution is 2.46. The van der Waals surface area contributed by atoms with Gasteiger partial charge in [-0.2, -0.15) is 21.6 Å². The molecule has 13 heteroatoms. The largest absolute Gasteiger partial charge is 0.534 e. The van der Waals surface area contributed by atoms with Gasteiger partial charge in [-0.15, -0.1) is 11.3 Å². The van der Waals surface area contributed by atoms with Crippen molar-refractivity contribution in [2.45, 2.75) is 12.1 Å². The van der Waals surface area contributed by atoms with E-state index in [2.05, 4.69) is 4.18 Å². The fourth-order valence-electron chi connectivity index (χ4n) is 3.52. The zero-order chi connectivity index (χ0) is 25.5. The van der Waals surface area contributed by atoms with Crippen LogP contribution in [0.5, 0.6) is 17.2 Å². The Bertz CT molecular complexity index is 1440. The van der Waals surface area contributed by atoms with E-state index in [0.717, 1.165) is 29.7 Å². The summed E-state index contributed by atoms with van der Waals surface area (Å²) in [4.78, 5) is 25.4. The van der Waals surface area contributed by atoms with Crippen LogP contribution in [0.4, 0.5) is 13.2 Å². The number of carbonyl (C=O) groups is 2. The van der Waals surface area contributed by atoms with Gasteiger partial charge in [0.1, 0.15) is 12.4 Å². The highest BCUT2D eigenvalue weighted by atomic mass is 32.2. The first-order valence-electron chi connectivity index (χ1n) is 9.65. The molecule has 0 spiro atoms. The third kappa shape index (κ3) is 4.32. The third-order valence-electron chi connectivity index (χ3n) is 5.14. The topological polar surface area (TPSA) is 105 Å². The highest BCUT2D eigenvalue weighted by molar-refractivity contribution is 7.88. The second-order valence-corrected chi connectivity index (χ2v) is 9.59. The molecule has 8 nitrogen and oxygen atoms in total. The maximum atomic E-state index is 12.8. The lowest BCUT2D eigenvalue weighted by molar-refractivity contribution is -0.0500. The van der Waals surface area contributed by atoms with Crippen molar-refractivity contribution in [3.8, 4) is 38.8 Å². The number of hydrogen-bond acceptors (Lipinski definition) is 9. The molecule has 3 aromatic rings. The lowest BCUT2D eigenvalue weighted by Gasteiger charge is -2.21. The minimum absolute atomic E-state index is 0.0397. The molecular weight excluding hydrogens is 513 g/mol. The number of halogens is 3. The number of thiophene rings is 1. The van der Waals surface area contributed by atoms with Crippen molar-refractivity contribution in [1.82, 2.24) is 0 Å². The average Bonchev–Trinajstić information content (AvgIpc) is 3.31. The number of benzene rings is 2. The van der Waals surface area contributed by atoms with Crippen molar-refractivity contribution in [1.29, 1.82) is 0 Å². The Morgan fingerprint density at radius 3 is 2.46 bits per heavy atom. The Morgan fingerprint density at radius 2 is 1.83 bits per heavy atom. The van der Waals surface area contributed by atoms with Crippen molar-refractivity contribution in [2.75, 3.05) is 14.2 Å². The number of rotatable bonds is 6. The lowest BCUT2D eigenvalue weighted by atomic mass is 9.92. The van der Waals surface area contributed by atoms with E-state index in [0.29, 0.717) is 11.3 Å². The molecule has 0 N–H and O–H groups in total. The first-order chi connectivity index (χ1) is 16.5. The van der Waals surface area contributed by atoms with Crippen molar-refractivity contribution in [3.63, 3.8) is 0 Å². The second kappa shape index (κ2) is 8.89. The van der Waals surface area contributed by atoms with Gasteiger partial charge in [-0.3, -0.25) is 4.79 Å². The molecule has 0 saturated heterocycles. The van der Waals surface area contributed by atoms with Crippen molar-refractivity contribution in [3.05, 3.63) is 52.4 Å². The number of fused-ring (bicyclic) bond motifs is 3. The standard InChI is InChI=1S/C22H15F3O8S2/c1-30-18-7-13(12(9-26)5-19(18)33-35(28,29)22(23,24)25)14-8-17-16(6-15(14)21(27)31-2)20-11(10-32-17)3-4-34-20/h3-9H,10H2,1-2H3. The van der Waals surface area contributed by atoms with Crippen LogP contribution in [0.3, 0.4) is 0 Å². The van der Waals surface area contributed by atoms with E-state index in [4.69, 9.17) is 14.2 Å². The molecule has 0 bridgehead atoms. The van der Waals surface area contributed by atoms with Gasteiger partial charge in [0, 0.05) is 27.1 Å². The number of aldehydes is 1. The van der Waals surface area contributed by atoms with Crippen molar-refractivity contribution >= 4 is 33.7 Å². The molecule has 0 fully saturated rings.